The summed E-state index contributed by atoms with van der Waals surface area (Å²) in [6.45, 7) is 3.67. The molecule has 0 unspecified atom stereocenters. The minimum Gasteiger partial charge on any atom is -0.326 e. The highest BCUT2D eigenvalue weighted by molar-refractivity contribution is 6.47. The maximum atomic E-state index is 12.5. The number of hydrogen-bond donors (Lipinski definition) is 2. The zero-order valence-corrected chi connectivity index (χ0v) is 17.0. The first-order valence-corrected chi connectivity index (χ1v) is 10.1. The predicted octanol–water partition coefficient (Wildman–Crippen LogP) is 3.00. The summed E-state index contributed by atoms with van der Waals surface area (Å²) in [4.78, 5) is 31.7. The molecule has 0 bridgehead atoms. The Morgan fingerprint density at radius 2 is 1.97 bits per heavy atom. The van der Waals surface area contributed by atoms with E-state index in [4.69, 9.17) is 16.6 Å². The first kappa shape index (κ1) is 19.6. The van der Waals surface area contributed by atoms with Gasteiger partial charge >= 0.3 is 0 Å². The van der Waals surface area contributed by atoms with Gasteiger partial charge in [-0.1, -0.05) is 41.9 Å². The van der Waals surface area contributed by atoms with Gasteiger partial charge in [-0.3, -0.25) is 19.5 Å². The molecule has 6 nitrogen and oxygen atoms in total. The van der Waals surface area contributed by atoms with Crippen molar-refractivity contribution in [1.82, 2.24) is 10.2 Å². The third-order valence-electron chi connectivity index (χ3n) is 5.45. The van der Waals surface area contributed by atoms with E-state index in [9.17, 15) is 9.59 Å². The van der Waals surface area contributed by atoms with Gasteiger partial charge in [0.25, 0.3) is 5.91 Å². The number of amides is 2. The van der Waals surface area contributed by atoms with E-state index in [1.807, 2.05) is 43.3 Å². The second kappa shape index (κ2) is 7.97. The van der Waals surface area contributed by atoms with Gasteiger partial charge in [0.2, 0.25) is 5.91 Å². The smallest absolute Gasteiger partial charge is 0.272 e. The summed E-state index contributed by atoms with van der Waals surface area (Å²) >= 11 is 6.05. The minimum atomic E-state index is -0.586. The van der Waals surface area contributed by atoms with Crippen molar-refractivity contribution in [2.45, 2.75) is 25.4 Å². The lowest BCUT2D eigenvalue weighted by atomic mass is 9.98. The van der Waals surface area contributed by atoms with Gasteiger partial charge in [-0.15, -0.1) is 0 Å². The summed E-state index contributed by atoms with van der Waals surface area (Å²) < 4.78 is 0. The Bertz CT molecular complexity index is 980. The molecular weight excluding hydrogens is 388 g/mol. The molecule has 2 amide bonds. The minimum absolute atomic E-state index is 0.0335. The molecule has 1 spiro atoms. The number of para-hydroxylation sites is 1. The van der Waals surface area contributed by atoms with Gasteiger partial charge in [0.15, 0.2) is 0 Å². The van der Waals surface area contributed by atoms with Crippen LogP contribution in [0.4, 0.5) is 5.69 Å². The van der Waals surface area contributed by atoms with Crippen molar-refractivity contribution in [3.8, 4) is 0 Å². The first-order chi connectivity index (χ1) is 13.9. The summed E-state index contributed by atoms with van der Waals surface area (Å²) in [5, 5.41) is 6.59. The van der Waals surface area contributed by atoms with Gasteiger partial charge in [-0.05, 0) is 30.7 Å². The second-order valence-corrected chi connectivity index (χ2v) is 8.03. The number of nitrogens with one attached hydrogen (secondary N) is 2. The van der Waals surface area contributed by atoms with Crippen molar-refractivity contribution in [1.29, 1.82) is 0 Å². The largest absolute Gasteiger partial charge is 0.326 e. The third-order valence-corrected chi connectivity index (χ3v) is 5.69. The number of carbonyl (C=O) groups is 2. The number of halogens is 1. The molecule has 2 aromatic carbocycles. The number of aliphatic imine (C=N–C) groups is 1. The zero-order chi connectivity index (χ0) is 20.4. The molecular formula is C22H23ClN4O2. The van der Waals surface area contributed by atoms with Crippen LogP contribution in [-0.2, 0) is 9.59 Å². The standard InChI is InChI=1S/C22H23ClN4O2/c1-15-5-2-3-8-18(15)24-19(28)14-27-11-9-22(10-12-27)25-20(21(29)26-22)16-6-4-7-17(23)13-16/h2-8,13H,9-12,14H2,1H3,(H,24,28)(H,26,29). The Kier molecular flexibility index (Phi) is 5.39. The van der Waals surface area contributed by atoms with E-state index < -0.39 is 5.66 Å². The number of benzene rings is 2. The van der Waals surface area contributed by atoms with Crippen LogP contribution >= 0.6 is 11.6 Å². The molecule has 2 N–H and O–H groups in total. The molecule has 0 saturated carbocycles. The summed E-state index contributed by atoms with van der Waals surface area (Å²) in [7, 11) is 0. The molecule has 1 fully saturated rings. The fraction of sp³-hybridized carbons (Fsp3) is 0.318. The summed E-state index contributed by atoms with van der Waals surface area (Å²) in [5.41, 5.74) is 2.45. The van der Waals surface area contributed by atoms with Gasteiger partial charge in [0, 0.05) is 42.2 Å². The second-order valence-electron chi connectivity index (χ2n) is 7.60. The van der Waals surface area contributed by atoms with Crippen LogP contribution in [0.25, 0.3) is 0 Å². The van der Waals surface area contributed by atoms with Crippen LogP contribution in [0.5, 0.6) is 0 Å². The summed E-state index contributed by atoms with van der Waals surface area (Å²) in [6, 6.07) is 14.9. The number of likely N-dealkylation sites (tertiary alicyclic amines) is 1. The molecule has 2 aliphatic rings. The molecule has 1 saturated heterocycles. The number of anilines is 1. The molecule has 7 heteroatoms. The highest BCUT2D eigenvalue weighted by Gasteiger charge is 2.42. The van der Waals surface area contributed by atoms with Crippen molar-refractivity contribution in [2.24, 2.45) is 4.99 Å². The highest BCUT2D eigenvalue weighted by Crippen LogP contribution is 2.29. The SMILES string of the molecule is Cc1ccccc1NC(=O)CN1CCC2(CC1)N=C(c1cccc(Cl)c1)C(=O)N2. The number of piperidine rings is 1. The average Bonchev–Trinajstić information content (AvgIpc) is 3.02. The molecule has 2 aliphatic heterocycles. The zero-order valence-electron chi connectivity index (χ0n) is 16.2. The van der Waals surface area contributed by atoms with Crippen LogP contribution in [0.2, 0.25) is 5.02 Å². The lowest BCUT2D eigenvalue weighted by Gasteiger charge is -2.36. The van der Waals surface area contributed by atoms with Gasteiger partial charge in [-0.2, -0.15) is 0 Å². The normalized spacial score (nSPS) is 18.4. The number of nitrogens with zero attached hydrogens (tertiary/aromatic N) is 2. The van der Waals surface area contributed by atoms with E-state index in [0.717, 1.165) is 16.8 Å². The Labute approximate surface area is 175 Å². The molecule has 0 radical (unpaired) electrons. The fourth-order valence-electron chi connectivity index (χ4n) is 3.82. The van der Waals surface area contributed by atoms with Crippen molar-refractivity contribution in [3.05, 3.63) is 64.7 Å². The van der Waals surface area contributed by atoms with E-state index in [1.165, 1.54) is 0 Å². The molecule has 0 aliphatic carbocycles. The summed E-state index contributed by atoms with van der Waals surface area (Å²) in [5.74, 6) is -0.202. The van der Waals surface area contributed by atoms with Gasteiger partial charge in [0.1, 0.15) is 11.4 Å². The molecule has 2 aromatic rings. The first-order valence-electron chi connectivity index (χ1n) is 9.70. The molecule has 29 heavy (non-hydrogen) atoms. The molecule has 4 rings (SSSR count). The lowest BCUT2D eigenvalue weighted by Crippen LogP contribution is -2.52. The summed E-state index contributed by atoms with van der Waals surface area (Å²) in [6.07, 6.45) is 1.33. The number of carbonyl (C=O) groups excluding carboxylic acids is 2. The van der Waals surface area contributed by atoms with E-state index in [-0.39, 0.29) is 11.8 Å². The molecule has 150 valence electrons. The number of rotatable bonds is 4. The quantitative estimate of drug-likeness (QED) is 0.813. The van der Waals surface area contributed by atoms with Crippen LogP contribution in [0.3, 0.4) is 0 Å². The molecule has 0 atom stereocenters. The van der Waals surface area contributed by atoms with E-state index in [2.05, 4.69) is 15.5 Å². The van der Waals surface area contributed by atoms with Crippen molar-refractivity contribution in [2.75, 3.05) is 25.0 Å². The number of hydrogen-bond acceptors (Lipinski definition) is 4. The molecule has 0 aromatic heterocycles. The Hall–Kier alpha value is -2.70. The van der Waals surface area contributed by atoms with E-state index >= 15 is 0 Å². The van der Waals surface area contributed by atoms with Crippen molar-refractivity contribution in [3.63, 3.8) is 0 Å². The maximum absolute atomic E-state index is 12.5. The average molecular weight is 411 g/mol. The monoisotopic (exact) mass is 410 g/mol. The molecule has 2 heterocycles. The van der Waals surface area contributed by atoms with Crippen LogP contribution in [-0.4, -0.2) is 47.7 Å². The Morgan fingerprint density at radius 1 is 1.21 bits per heavy atom. The Balaban J connectivity index is 1.37. The van der Waals surface area contributed by atoms with Gasteiger partial charge in [0.05, 0.1) is 6.54 Å². The number of aryl methyl sites for hydroxylation is 1. The van der Waals surface area contributed by atoms with E-state index in [1.54, 1.807) is 12.1 Å². The predicted molar refractivity (Wildman–Crippen MR) is 114 cm³/mol. The van der Waals surface area contributed by atoms with Crippen LogP contribution in [0.15, 0.2) is 53.5 Å². The Morgan fingerprint density at radius 3 is 2.69 bits per heavy atom. The van der Waals surface area contributed by atoms with Crippen LogP contribution in [0.1, 0.15) is 24.0 Å². The lowest BCUT2D eigenvalue weighted by molar-refractivity contribution is -0.119. The van der Waals surface area contributed by atoms with Gasteiger partial charge in [-0.25, -0.2) is 0 Å². The maximum Gasteiger partial charge on any atom is 0.272 e. The van der Waals surface area contributed by atoms with Crippen molar-refractivity contribution >= 4 is 34.8 Å². The van der Waals surface area contributed by atoms with Crippen LogP contribution in [0, 0.1) is 6.92 Å². The van der Waals surface area contributed by atoms with Crippen molar-refractivity contribution < 1.29 is 9.59 Å². The van der Waals surface area contributed by atoms with Gasteiger partial charge < -0.3 is 10.6 Å². The third kappa shape index (κ3) is 4.33. The topological polar surface area (TPSA) is 73.8 Å². The van der Waals surface area contributed by atoms with E-state index in [0.29, 0.717) is 43.2 Å². The fourth-order valence-corrected chi connectivity index (χ4v) is 4.01. The van der Waals surface area contributed by atoms with Crippen LogP contribution < -0.4 is 10.6 Å². The highest BCUT2D eigenvalue weighted by atomic mass is 35.5.